The van der Waals surface area contributed by atoms with Crippen LogP contribution >= 0.6 is 0 Å². The van der Waals surface area contributed by atoms with Crippen molar-refractivity contribution in [3.8, 4) is 0 Å². The average molecular weight is 197 g/mol. The molecule has 0 spiro atoms. The summed E-state index contributed by atoms with van der Waals surface area (Å²) < 4.78 is 0. The van der Waals surface area contributed by atoms with E-state index in [4.69, 9.17) is 0 Å². The van der Waals surface area contributed by atoms with Crippen molar-refractivity contribution in [3.63, 3.8) is 0 Å². The molecular weight excluding hydrogens is 170 g/mol. The Bertz CT molecular complexity index is 182. The summed E-state index contributed by atoms with van der Waals surface area (Å²) in [6.45, 7) is 15.5. The Kier molecular flexibility index (Phi) is 4.70. The zero-order chi connectivity index (χ0) is 11.4. The van der Waals surface area contributed by atoms with Gasteiger partial charge >= 0.3 is 0 Å². The number of hydrogen-bond acceptors (Lipinski definition) is 1. The van der Waals surface area contributed by atoms with E-state index >= 15 is 0 Å². The van der Waals surface area contributed by atoms with E-state index in [0.717, 1.165) is 6.42 Å². The lowest BCUT2D eigenvalue weighted by Gasteiger charge is -2.51. The van der Waals surface area contributed by atoms with Gasteiger partial charge in [0, 0.05) is 12.6 Å². The van der Waals surface area contributed by atoms with Gasteiger partial charge in [0.05, 0.1) is 0 Å². The summed E-state index contributed by atoms with van der Waals surface area (Å²) >= 11 is 0. The SMILES string of the molecule is C=CN(C)C(C)(CC)C(C)(CC)CC. The van der Waals surface area contributed by atoms with Crippen molar-refractivity contribution in [1.82, 2.24) is 4.90 Å². The quantitative estimate of drug-likeness (QED) is 0.621. The van der Waals surface area contributed by atoms with E-state index in [0.29, 0.717) is 5.41 Å². The van der Waals surface area contributed by atoms with Crippen molar-refractivity contribution in [2.75, 3.05) is 7.05 Å². The maximum Gasteiger partial charge on any atom is 0.0415 e. The third kappa shape index (κ3) is 1.97. The van der Waals surface area contributed by atoms with Crippen molar-refractivity contribution in [1.29, 1.82) is 0 Å². The van der Waals surface area contributed by atoms with Crippen LogP contribution in [0, 0.1) is 5.41 Å². The van der Waals surface area contributed by atoms with Crippen LogP contribution in [-0.4, -0.2) is 17.5 Å². The highest BCUT2D eigenvalue weighted by molar-refractivity contribution is 5.00. The highest BCUT2D eigenvalue weighted by Crippen LogP contribution is 2.43. The fraction of sp³-hybridized carbons (Fsp3) is 0.846. The van der Waals surface area contributed by atoms with E-state index in [1.807, 2.05) is 6.20 Å². The Labute approximate surface area is 90.2 Å². The summed E-state index contributed by atoms with van der Waals surface area (Å²) in [5, 5.41) is 0. The molecule has 0 bridgehead atoms. The van der Waals surface area contributed by atoms with Crippen molar-refractivity contribution in [2.45, 2.75) is 59.4 Å². The van der Waals surface area contributed by atoms with E-state index in [-0.39, 0.29) is 5.54 Å². The normalized spacial score (nSPS) is 16.1. The van der Waals surface area contributed by atoms with E-state index in [1.165, 1.54) is 12.8 Å². The molecule has 0 saturated heterocycles. The van der Waals surface area contributed by atoms with Crippen LogP contribution in [0.1, 0.15) is 53.9 Å². The first-order chi connectivity index (χ1) is 6.41. The zero-order valence-electron chi connectivity index (χ0n) is 10.9. The van der Waals surface area contributed by atoms with Gasteiger partial charge in [0.2, 0.25) is 0 Å². The van der Waals surface area contributed by atoms with Crippen molar-refractivity contribution in [2.24, 2.45) is 5.41 Å². The van der Waals surface area contributed by atoms with E-state index in [1.54, 1.807) is 0 Å². The molecule has 14 heavy (non-hydrogen) atoms. The van der Waals surface area contributed by atoms with E-state index in [9.17, 15) is 0 Å². The molecule has 0 radical (unpaired) electrons. The summed E-state index contributed by atoms with van der Waals surface area (Å²) in [6.07, 6.45) is 5.54. The molecule has 0 aromatic carbocycles. The minimum absolute atomic E-state index is 0.220. The van der Waals surface area contributed by atoms with Gasteiger partial charge in [-0.25, -0.2) is 0 Å². The Morgan fingerprint density at radius 1 is 1.07 bits per heavy atom. The fourth-order valence-corrected chi connectivity index (χ4v) is 2.32. The van der Waals surface area contributed by atoms with Gasteiger partial charge in [0.1, 0.15) is 0 Å². The summed E-state index contributed by atoms with van der Waals surface area (Å²) in [6, 6.07) is 0. The summed E-state index contributed by atoms with van der Waals surface area (Å²) in [4.78, 5) is 2.28. The molecule has 1 heteroatoms. The van der Waals surface area contributed by atoms with Gasteiger partial charge in [-0.15, -0.1) is 0 Å². The lowest BCUT2D eigenvalue weighted by Crippen LogP contribution is -2.52. The van der Waals surface area contributed by atoms with Crippen molar-refractivity contribution in [3.05, 3.63) is 12.8 Å². The first-order valence-electron chi connectivity index (χ1n) is 5.77. The highest BCUT2D eigenvalue weighted by atomic mass is 15.2. The molecular formula is C13H27N. The third-order valence-corrected chi connectivity index (χ3v) is 4.60. The van der Waals surface area contributed by atoms with Crippen LogP contribution in [0.2, 0.25) is 0 Å². The highest BCUT2D eigenvalue weighted by Gasteiger charge is 2.42. The van der Waals surface area contributed by atoms with Crippen LogP contribution < -0.4 is 0 Å². The van der Waals surface area contributed by atoms with Crippen LogP contribution in [-0.2, 0) is 0 Å². The van der Waals surface area contributed by atoms with Gasteiger partial charge in [-0.1, -0.05) is 34.3 Å². The molecule has 0 saturated carbocycles. The summed E-state index contributed by atoms with van der Waals surface area (Å²) in [5.41, 5.74) is 0.586. The molecule has 0 aliphatic heterocycles. The molecule has 0 heterocycles. The minimum atomic E-state index is 0.220. The van der Waals surface area contributed by atoms with Crippen LogP contribution in [0.3, 0.4) is 0 Å². The van der Waals surface area contributed by atoms with Gasteiger partial charge in [-0.05, 0) is 37.8 Å². The molecule has 0 aliphatic carbocycles. The molecule has 0 aromatic rings. The molecule has 0 rings (SSSR count). The first-order valence-corrected chi connectivity index (χ1v) is 5.77. The second kappa shape index (κ2) is 4.86. The van der Waals surface area contributed by atoms with Gasteiger partial charge in [0.25, 0.3) is 0 Å². The molecule has 0 fully saturated rings. The number of rotatable bonds is 6. The predicted octanol–water partition coefficient (Wildman–Crippen LogP) is 4.06. The Morgan fingerprint density at radius 3 is 1.71 bits per heavy atom. The summed E-state index contributed by atoms with van der Waals surface area (Å²) in [7, 11) is 2.14. The van der Waals surface area contributed by atoms with Crippen LogP contribution in [0.4, 0.5) is 0 Å². The first kappa shape index (κ1) is 13.5. The molecule has 0 N–H and O–H groups in total. The predicted molar refractivity (Wildman–Crippen MR) is 65.3 cm³/mol. The van der Waals surface area contributed by atoms with Gasteiger partial charge in [-0.2, -0.15) is 0 Å². The standard InChI is InChI=1S/C13H27N/c1-8-12(5,9-2)13(6,10-3)14(7)11-4/h11H,4,8-10H2,1-3,5-7H3. The second-order valence-electron chi connectivity index (χ2n) is 4.69. The van der Waals surface area contributed by atoms with Crippen LogP contribution in [0.5, 0.6) is 0 Å². The molecule has 1 nitrogen and oxygen atoms in total. The maximum absolute atomic E-state index is 3.88. The van der Waals surface area contributed by atoms with Gasteiger partial charge in [-0.3, -0.25) is 0 Å². The molecule has 0 aromatic heterocycles. The monoisotopic (exact) mass is 197 g/mol. The van der Waals surface area contributed by atoms with E-state index in [2.05, 4.69) is 53.1 Å². The van der Waals surface area contributed by atoms with Gasteiger partial charge < -0.3 is 4.90 Å². The van der Waals surface area contributed by atoms with Crippen LogP contribution in [0.25, 0.3) is 0 Å². The molecule has 0 aliphatic rings. The van der Waals surface area contributed by atoms with Crippen LogP contribution in [0.15, 0.2) is 12.8 Å². The third-order valence-electron chi connectivity index (χ3n) is 4.60. The van der Waals surface area contributed by atoms with Crippen molar-refractivity contribution >= 4 is 0 Å². The van der Waals surface area contributed by atoms with Crippen molar-refractivity contribution < 1.29 is 0 Å². The zero-order valence-corrected chi connectivity index (χ0v) is 10.9. The summed E-state index contributed by atoms with van der Waals surface area (Å²) in [5.74, 6) is 0. The molecule has 1 unspecified atom stereocenters. The number of hydrogen-bond donors (Lipinski definition) is 0. The maximum atomic E-state index is 3.88. The Morgan fingerprint density at radius 2 is 1.50 bits per heavy atom. The fourth-order valence-electron chi connectivity index (χ4n) is 2.32. The Balaban J connectivity index is 5.08. The smallest absolute Gasteiger partial charge is 0.0415 e. The molecule has 0 amide bonds. The number of nitrogens with zero attached hydrogens (tertiary/aromatic N) is 1. The average Bonchev–Trinajstić information content (AvgIpc) is 2.25. The minimum Gasteiger partial charge on any atom is -0.375 e. The molecule has 1 atom stereocenters. The van der Waals surface area contributed by atoms with Gasteiger partial charge in [0.15, 0.2) is 0 Å². The Hall–Kier alpha value is -0.460. The topological polar surface area (TPSA) is 3.24 Å². The second-order valence-corrected chi connectivity index (χ2v) is 4.69. The lowest BCUT2D eigenvalue weighted by atomic mass is 9.66. The molecule has 84 valence electrons. The lowest BCUT2D eigenvalue weighted by molar-refractivity contribution is 0.0235. The van der Waals surface area contributed by atoms with E-state index < -0.39 is 0 Å². The largest absolute Gasteiger partial charge is 0.375 e.